The van der Waals surface area contributed by atoms with Gasteiger partial charge in [-0.15, -0.1) is 0 Å². The number of hydrogen-bond donors (Lipinski definition) is 1. The summed E-state index contributed by atoms with van der Waals surface area (Å²) in [6, 6.07) is 3.28. The molecule has 0 saturated carbocycles. The Hall–Kier alpha value is -0.880. The number of benzene rings is 1. The first-order chi connectivity index (χ1) is 8.84. The minimum Gasteiger partial charge on any atom is -0.326 e. The number of nitrogens with one attached hydrogen (secondary N) is 1. The van der Waals surface area contributed by atoms with Crippen LogP contribution in [0.1, 0.15) is 18.4 Å². The van der Waals surface area contributed by atoms with Gasteiger partial charge < -0.3 is 5.32 Å². The third kappa shape index (κ3) is 5.32. The maximum atomic E-state index is 12.8. The number of amides is 1. The van der Waals surface area contributed by atoms with Gasteiger partial charge in [-0.3, -0.25) is 4.79 Å². The lowest BCUT2D eigenvalue weighted by molar-refractivity contribution is -0.137. The summed E-state index contributed by atoms with van der Waals surface area (Å²) in [4.78, 5) is 11.5. The molecule has 1 rings (SSSR count). The van der Waals surface area contributed by atoms with Gasteiger partial charge >= 0.3 is 6.18 Å². The van der Waals surface area contributed by atoms with Gasteiger partial charge in [-0.25, -0.2) is 0 Å². The van der Waals surface area contributed by atoms with E-state index in [1.165, 1.54) is 6.07 Å². The highest BCUT2D eigenvalue weighted by Crippen LogP contribution is 2.36. The monoisotopic (exact) mass is 311 g/mol. The van der Waals surface area contributed by atoms with Crippen molar-refractivity contribution in [2.75, 3.05) is 17.3 Å². The summed E-state index contributed by atoms with van der Waals surface area (Å²) >= 11 is 7.13. The predicted molar refractivity (Wildman–Crippen MR) is 72.7 cm³/mol. The Balaban J connectivity index is 2.80. The van der Waals surface area contributed by atoms with Crippen molar-refractivity contribution in [3.05, 3.63) is 28.8 Å². The van der Waals surface area contributed by atoms with E-state index in [-0.39, 0.29) is 17.1 Å². The van der Waals surface area contributed by atoms with Crippen LogP contribution in [0.25, 0.3) is 0 Å². The molecular weight excluding hydrogens is 299 g/mol. The molecule has 0 aliphatic heterocycles. The summed E-state index contributed by atoms with van der Waals surface area (Å²) in [5, 5.41) is 2.26. The maximum absolute atomic E-state index is 12.8. The lowest BCUT2D eigenvalue weighted by Crippen LogP contribution is -2.16. The molecule has 0 bridgehead atoms. The van der Waals surface area contributed by atoms with E-state index in [4.69, 9.17) is 11.6 Å². The highest BCUT2D eigenvalue weighted by atomic mass is 35.5. The van der Waals surface area contributed by atoms with Crippen LogP contribution in [-0.2, 0) is 11.0 Å². The first-order valence-electron chi connectivity index (χ1n) is 5.50. The molecule has 0 fully saturated rings. The Labute approximate surface area is 118 Å². The maximum Gasteiger partial charge on any atom is 0.418 e. The van der Waals surface area contributed by atoms with Crippen molar-refractivity contribution >= 4 is 35.0 Å². The zero-order chi connectivity index (χ0) is 14.5. The van der Waals surface area contributed by atoms with Crippen molar-refractivity contribution in [2.24, 2.45) is 0 Å². The molecule has 7 heteroatoms. The van der Waals surface area contributed by atoms with Gasteiger partial charge in [0.15, 0.2) is 0 Å². The van der Waals surface area contributed by atoms with Crippen molar-refractivity contribution < 1.29 is 18.0 Å². The average molecular weight is 312 g/mol. The fourth-order valence-corrected chi connectivity index (χ4v) is 2.05. The molecule has 1 aromatic carbocycles. The average Bonchev–Trinajstić information content (AvgIpc) is 2.30. The summed E-state index contributed by atoms with van der Waals surface area (Å²) in [5.74, 6) is 0.363. The Kier molecular flexibility index (Phi) is 6.00. The molecule has 106 valence electrons. The number of carbonyl (C=O) groups is 1. The normalized spacial score (nSPS) is 11.4. The molecule has 19 heavy (non-hydrogen) atoms. The molecule has 0 saturated heterocycles. The second-order valence-corrected chi connectivity index (χ2v) is 5.25. The summed E-state index contributed by atoms with van der Waals surface area (Å²) in [6.07, 6.45) is -1.83. The van der Waals surface area contributed by atoms with E-state index in [1.807, 2.05) is 6.26 Å². The molecule has 0 radical (unpaired) electrons. The van der Waals surface area contributed by atoms with Crippen LogP contribution in [0.15, 0.2) is 18.2 Å². The Morgan fingerprint density at radius 1 is 1.42 bits per heavy atom. The molecule has 2 nitrogen and oxygen atoms in total. The first-order valence-corrected chi connectivity index (χ1v) is 7.27. The summed E-state index contributed by atoms with van der Waals surface area (Å²) in [7, 11) is 0. The zero-order valence-electron chi connectivity index (χ0n) is 10.2. The van der Waals surface area contributed by atoms with Crippen molar-refractivity contribution in [3.63, 3.8) is 0 Å². The summed E-state index contributed by atoms with van der Waals surface area (Å²) in [6.45, 7) is 0. The van der Waals surface area contributed by atoms with Crippen LogP contribution < -0.4 is 5.32 Å². The Morgan fingerprint density at radius 2 is 2.11 bits per heavy atom. The number of alkyl halides is 3. The van der Waals surface area contributed by atoms with E-state index in [2.05, 4.69) is 5.32 Å². The molecule has 0 heterocycles. The molecular formula is C12H13ClF3NOS. The minimum atomic E-state index is -4.55. The van der Waals surface area contributed by atoms with Gasteiger partial charge in [0.25, 0.3) is 0 Å². The number of carbonyl (C=O) groups excluding carboxylic acids is 1. The number of hydrogen-bond acceptors (Lipinski definition) is 2. The molecule has 0 atom stereocenters. The van der Waals surface area contributed by atoms with E-state index in [1.54, 1.807) is 11.8 Å². The van der Waals surface area contributed by atoms with Crippen LogP contribution in [0.4, 0.5) is 18.9 Å². The molecule has 0 aromatic heterocycles. The van der Waals surface area contributed by atoms with Gasteiger partial charge in [-0.05, 0) is 36.6 Å². The van der Waals surface area contributed by atoms with Gasteiger partial charge in [-0.2, -0.15) is 24.9 Å². The molecule has 0 aliphatic carbocycles. The Morgan fingerprint density at radius 3 is 2.68 bits per heavy atom. The van der Waals surface area contributed by atoms with E-state index in [9.17, 15) is 18.0 Å². The van der Waals surface area contributed by atoms with E-state index < -0.39 is 17.6 Å². The van der Waals surface area contributed by atoms with Gasteiger partial charge in [0.1, 0.15) is 0 Å². The topological polar surface area (TPSA) is 29.1 Å². The number of thioether (sulfide) groups is 1. The lowest BCUT2D eigenvalue weighted by atomic mass is 10.1. The minimum absolute atomic E-state index is 0.0206. The van der Waals surface area contributed by atoms with E-state index in [0.717, 1.165) is 17.9 Å². The molecule has 0 aliphatic rings. The van der Waals surface area contributed by atoms with Gasteiger partial charge in [-0.1, -0.05) is 11.6 Å². The molecule has 0 spiro atoms. The second kappa shape index (κ2) is 7.05. The fraction of sp³-hybridized carbons (Fsp3) is 0.417. The highest BCUT2D eigenvalue weighted by molar-refractivity contribution is 7.98. The first kappa shape index (κ1) is 16.2. The van der Waals surface area contributed by atoms with E-state index in [0.29, 0.717) is 6.42 Å². The molecule has 1 aromatic rings. The lowest BCUT2D eigenvalue weighted by Gasteiger charge is -2.14. The summed E-state index contributed by atoms with van der Waals surface area (Å²) in [5.41, 5.74) is -1.19. The van der Waals surface area contributed by atoms with Gasteiger partial charge in [0.2, 0.25) is 5.91 Å². The van der Waals surface area contributed by atoms with E-state index >= 15 is 0 Å². The van der Waals surface area contributed by atoms with Crippen molar-refractivity contribution in [2.45, 2.75) is 19.0 Å². The zero-order valence-corrected chi connectivity index (χ0v) is 11.8. The smallest absolute Gasteiger partial charge is 0.326 e. The van der Waals surface area contributed by atoms with Crippen molar-refractivity contribution in [1.29, 1.82) is 0 Å². The highest BCUT2D eigenvalue weighted by Gasteiger charge is 2.34. The number of halogens is 4. The molecule has 1 N–H and O–H groups in total. The predicted octanol–water partition coefficient (Wildman–Crippen LogP) is 4.44. The van der Waals surface area contributed by atoms with Crippen LogP contribution in [-0.4, -0.2) is 17.9 Å². The largest absolute Gasteiger partial charge is 0.418 e. The van der Waals surface area contributed by atoms with Gasteiger partial charge in [0.05, 0.1) is 11.3 Å². The van der Waals surface area contributed by atoms with Crippen LogP contribution >= 0.6 is 23.4 Å². The SMILES string of the molecule is CSCCCC(=O)Nc1ccc(Cl)cc1C(F)(F)F. The quantitative estimate of drug-likeness (QED) is 0.814. The van der Waals surface area contributed by atoms with Crippen LogP contribution in [0.2, 0.25) is 5.02 Å². The third-order valence-electron chi connectivity index (χ3n) is 2.31. The Bertz CT molecular complexity index is 451. The number of rotatable bonds is 5. The summed E-state index contributed by atoms with van der Waals surface area (Å²) < 4.78 is 38.3. The van der Waals surface area contributed by atoms with Crippen LogP contribution in [0.5, 0.6) is 0 Å². The molecule has 1 amide bonds. The standard InChI is InChI=1S/C12H13ClF3NOS/c1-19-6-2-3-11(18)17-10-5-4-8(13)7-9(10)12(14,15)16/h4-5,7H,2-3,6H2,1H3,(H,17,18). The van der Waals surface area contributed by atoms with Crippen LogP contribution in [0, 0.1) is 0 Å². The van der Waals surface area contributed by atoms with Crippen LogP contribution in [0.3, 0.4) is 0 Å². The van der Waals surface area contributed by atoms with Crippen molar-refractivity contribution in [3.8, 4) is 0 Å². The second-order valence-electron chi connectivity index (χ2n) is 3.83. The number of anilines is 1. The molecule has 0 unspecified atom stereocenters. The van der Waals surface area contributed by atoms with Crippen molar-refractivity contribution in [1.82, 2.24) is 0 Å². The third-order valence-corrected chi connectivity index (χ3v) is 3.25. The van der Waals surface area contributed by atoms with Gasteiger partial charge in [0, 0.05) is 11.4 Å². The fourth-order valence-electron chi connectivity index (χ4n) is 1.45.